The summed E-state index contributed by atoms with van der Waals surface area (Å²) in [6.07, 6.45) is 1.37. The lowest BCUT2D eigenvalue weighted by Crippen LogP contribution is -2.05. The molecule has 0 unspecified atom stereocenters. The Labute approximate surface area is 88.4 Å². The van der Waals surface area contributed by atoms with Gasteiger partial charge in [-0.15, -0.1) is 11.8 Å². The van der Waals surface area contributed by atoms with Gasteiger partial charge in [-0.2, -0.15) is 0 Å². The molecule has 3 heteroatoms. The molecule has 1 rings (SSSR count). The number of thioether (sulfide) groups is 1. The standard InChI is InChI=1S/C9H18S3/c1-6(2)5-8-10-9(7(3)4)12-11-8/h6-9H,5H2,1-4H3/t8-,9+/m0/s1. The Kier molecular flexibility index (Phi) is 4.69. The topological polar surface area (TPSA) is 0 Å². The van der Waals surface area contributed by atoms with Gasteiger partial charge in [0.25, 0.3) is 0 Å². The molecule has 1 aliphatic rings. The lowest BCUT2D eigenvalue weighted by atomic mass is 10.2. The van der Waals surface area contributed by atoms with Crippen molar-refractivity contribution in [3.8, 4) is 0 Å². The fourth-order valence-corrected chi connectivity index (χ4v) is 7.66. The largest absolute Gasteiger partial charge is 0.131 e. The van der Waals surface area contributed by atoms with Crippen molar-refractivity contribution in [1.29, 1.82) is 0 Å². The van der Waals surface area contributed by atoms with E-state index in [0.29, 0.717) is 0 Å². The first kappa shape index (κ1) is 11.1. The number of rotatable bonds is 3. The fraction of sp³-hybridized carbons (Fsp3) is 1.00. The lowest BCUT2D eigenvalue weighted by molar-refractivity contribution is 0.619. The summed E-state index contributed by atoms with van der Waals surface area (Å²) in [5, 5.41) is 0. The minimum absolute atomic E-state index is 0.824. The second-order valence-electron chi connectivity index (χ2n) is 4.00. The molecule has 1 fully saturated rings. The Morgan fingerprint density at radius 3 is 2.17 bits per heavy atom. The van der Waals surface area contributed by atoms with Crippen molar-refractivity contribution < 1.29 is 0 Å². The maximum Gasteiger partial charge on any atom is 0.0640 e. The highest BCUT2D eigenvalue weighted by Gasteiger charge is 2.29. The summed E-state index contributed by atoms with van der Waals surface area (Å²) in [5.41, 5.74) is 0. The van der Waals surface area contributed by atoms with Crippen molar-refractivity contribution in [1.82, 2.24) is 0 Å². The van der Waals surface area contributed by atoms with E-state index in [9.17, 15) is 0 Å². The summed E-state index contributed by atoms with van der Waals surface area (Å²) in [6.45, 7) is 9.27. The van der Waals surface area contributed by atoms with Gasteiger partial charge in [0, 0.05) is 0 Å². The van der Waals surface area contributed by atoms with Crippen LogP contribution in [-0.2, 0) is 0 Å². The monoisotopic (exact) mass is 222 g/mol. The number of hydrogen-bond donors (Lipinski definition) is 0. The Balaban J connectivity index is 2.26. The van der Waals surface area contributed by atoms with E-state index in [1.165, 1.54) is 6.42 Å². The molecule has 0 N–H and O–H groups in total. The van der Waals surface area contributed by atoms with Crippen LogP contribution in [0.15, 0.2) is 0 Å². The van der Waals surface area contributed by atoms with Gasteiger partial charge in [0.15, 0.2) is 0 Å². The van der Waals surface area contributed by atoms with Gasteiger partial charge in [0.05, 0.1) is 9.16 Å². The average molecular weight is 222 g/mol. The molecule has 1 aliphatic heterocycles. The Bertz CT molecular complexity index is 134. The van der Waals surface area contributed by atoms with Crippen LogP contribution >= 0.6 is 33.3 Å². The number of hydrogen-bond acceptors (Lipinski definition) is 3. The molecule has 0 aromatic rings. The van der Waals surface area contributed by atoms with Crippen LogP contribution in [0.3, 0.4) is 0 Å². The average Bonchev–Trinajstić information content (AvgIpc) is 2.34. The normalized spacial score (nSPS) is 30.5. The van der Waals surface area contributed by atoms with Crippen molar-refractivity contribution >= 4 is 33.3 Å². The lowest BCUT2D eigenvalue weighted by Gasteiger charge is -2.13. The first-order valence-corrected chi connectivity index (χ1v) is 7.79. The van der Waals surface area contributed by atoms with E-state index < -0.39 is 0 Å². The SMILES string of the molecule is CC(C)C[C@@H]1SS[C@H](C(C)C)S1. The molecule has 0 bridgehead atoms. The minimum atomic E-state index is 0.824. The van der Waals surface area contributed by atoms with Crippen molar-refractivity contribution in [3.05, 3.63) is 0 Å². The third-order valence-corrected chi connectivity index (χ3v) is 7.94. The zero-order valence-corrected chi connectivity index (χ0v) is 10.7. The van der Waals surface area contributed by atoms with Crippen LogP contribution in [0.25, 0.3) is 0 Å². The predicted octanol–water partition coefficient (Wildman–Crippen LogP) is 4.47. The molecule has 0 saturated carbocycles. The van der Waals surface area contributed by atoms with Crippen LogP contribution in [0.2, 0.25) is 0 Å². The highest BCUT2D eigenvalue weighted by atomic mass is 33.1. The molecule has 0 radical (unpaired) electrons. The summed E-state index contributed by atoms with van der Waals surface area (Å²) in [4.78, 5) is 0. The highest BCUT2D eigenvalue weighted by molar-refractivity contribution is 8.82. The Morgan fingerprint density at radius 2 is 1.75 bits per heavy atom. The summed E-state index contributed by atoms with van der Waals surface area (Å²) < 4.78 is 1.68. The summed E-state index contributed by atoms with van der Waals surface area (Å²) in [7, 11) is 4.17. The summed E-state index contributed by atoms with van der Waals surface area (Å²) in [5.74, 6) is 1.67. The zero-order chi connectivity index (χ0) is 9.14. The fourth-order valence-electron chi connectivity index (χ4n) is 1.06. The van der Waals surface area contributed by atoms with Crippen molar-refractivity contribution in [3.63, 3.8) is 0 Å². The van der Waals surface area contributed by atoms with E-state index in [-0.39, 0.29) is 0 Å². The molecule has 1 heterocycles. The maximum absolute atomic E-state index is 2.32. The van der Waals surface area contributed by atoms with Crippen LogP contribution in [0.5, 0.6) is 0 Å². The van der Waals surface area contributed by atoms with E-state index in [1.54, 1.807) is 0 Å². The maximum atomic E-state index is 2.32. The molecule has 72 valence electrons. The molecule has 0 nitrogen and oxygen atoms in total. The molecular formula is C9H18S3. The van der Waals surface area contributed by atoms with Gasteiger partial charge in [0.1, 0.15) is 0 Å². The van der Waals surface area contributed by atoms with Crippen LogP contribution < -0.4 is 0 Å². The van der Waals surface area contributed by atoms with E-state index in [0.717, 1.165) is 21.0 Å². The third-order valence-electron chi connectivity index (χ3n) is 1.75. The minimum Gasteiger partial charge on any atom is -0.131 e. The van der Waals surface area contributed by atoms with Crippen molar-refractivity contribution in [2.75, 3.05) is 0 Å². The van der Waals surface area contributed by atoms with Gasteiger partial charge < -0.3 is 0 Å². The molecule has 0 aromatic heterocycles. The predicted molar refractivity (Wildman–Crippen MR) is 64.6 cm³/mol. The summed E-state index contributed by atoms with van der Waals surface area (Å²) in [6, 6.07) is 0. The van der Waals surface area contributed by atoms with E-state index in [2.05, 4.69) is 61.0 Å². The molecular weight excluding hydrogens is 204 g/mol. The molecule has 0 spiro atoms. The Morgan fingerprint density at radius 1 is 1.08 bits per heavy atom. The second kappa shape index (κ2) is 5.06. The van der Waals surface area contributed by atoms with Crippen molar-refractivity contribution in [2.45, 2.75) is 43.3 Å². The molecule has 2 atom stereocenters. The Hall–Kier alpha value is 1.05. The van der Waals surface area contributed by atoms with Gasteiger partial charge >= 0.3 is 0 Å². The zero-order valence-electron chi connectivity index (χ0n) is 8.24. The van der Waals surface area contributed by atoms with Gasteiger partial charge in [-0.05, 0) is 18.3 Å². The third kappa shape index (κ3) is 3.43. The molecule has 0 aromatic carbocycles. The van der Waals surface area contributed by atoms with Gasteiger partial charge in [0.2, 0.25) is 0 Å². The van der Waals surface area contributed by atoms with Gasteiger partial charge in [-0.25, -0.2) is 0 Å². The first-order valence-electron chi connectivity index (χ1n) is 4.57. The molecule has 12 heavy (non-hydrogen) atoms. The van der Waals surface area contributed by atoms with E-state index in [4.69, 9.17) is 0 Å². The van der Waals surface area contributed by atoms with Crippen LogP contribution in [0, 0.1) is 11.8 Å². The molecule has 0 aliphatic carbocycles. The first-order chi connectivity index (χ1) is 5.59. The summed E-state index contributed by atoms with van der Waals surface area (Å²) >= 11 is 2.17. The quantitative estimate of drug-likeness (QED) is 0.647. The van der Waals surface area contributed by atoms with Crippen LogP contribution in [-0.4, -0.2) is 9.16 Å². The molecule has 0 amide bonds. The smallest absolute Gasteiger partial charge is 0.0640 e. The second-order valence-corrected chi connectivity index (χ2v) is 8.56. The van der Waals surface area contributed by atoms with Gasteiger partial charge in [-0.3, -0.25) is 0 Å². The van der Waals surface area contributed by atoms with E-state index >= 15 is 0 Å². The molecule has 1 saturated heterocycles. The van der Waals surface area contributed by atoms with Crippen molar-refractivity contribution in [2.24, 2.45) is 11.8 Å². The van der Waals surface area contributed by atoms with Crippen LogP contribution in [0.4, 0.5) is 0 Å². The highest BCUT2D eigenvalue weighted by Crippen LogP contribution is 2.55. The van der Waals surface area contributed by atoms with E-state index in [1.807, 2.05) is 0 Å². The van der Waals surface area contributed by atoms with Gasteiger partial charge in [-0.1, -0.05) is 49.3 Å². The van der Waals surface area contributed by atoms with Crippen LogP contribution in [0.1, 0.15) is 34.1 Å².